The predicted molar refractivity (Wildman–Crippen MR) is 202 cm³/mol. The van der Waals surface area contributed by atoms with Crippen molar-refractivity contribution in [2.45, 2.75) is 69.2 Å². The third kappa shape index (κ3) is 4.88. The lowest BCUT2D eigenvalue weighted by Crippen LogP contribution is -2.38. The summed E-state index contributed by atoms with van der Waals surface area (Å²) in [7, 11) is 0. The van der Waals surface area contributed by atoms with Crippen LogP contribution in [0.2, 0.25) is 0 Å². The lowest BCUT2D eigenvalue weighted by atomic mass is 9.77. The van der Waals surface area contributed by atoms with Crippen molar-refractivity contribution >= 4 is 43.0 Å². The highest BCUT2D eigenvalue weighted by Crippen LogP contribution is 2.48. The van der Waals surface area contributed by atoms with Gasteiger partial charge < -0.3 is 0 Å². The van der Waals surface area contributed by atoms with E-state index in [0.29, 0.717) is 5.92 Å². The summed E-state index contributed by atoms with van der Waals surface area (Å²) in [6.07, 6.45) is 15.5. The zero-order valence-corrected chi connectivity index (χ0v) is 28.2. The number of fused-ring (bicyclic) bond motifs is 9. The van der Waals surface area contributed by atoms with Gasteiger partial charge in [-0.05, 0) is 84.7 Å². The Balaban J connectivity index is 1.35. The first-order chi connectivity index (χ1) is 23.7. The van der Waals surface area contributed by atoms with Crippen LogP contribution in [0.5, 0.6) is 0 Å². The molecule has 2 aliphatic heterocycles. The van der Waals surface area contributed by atoms with Gasteiger partial charge in [-0.3, -0.25) is 4.99 Å². The van der Waals surface area contributed by atoms with Crippen molar-refractivity contribution in [2.24, 2.45) is 4.99 Å². The molecule has 5 heterocycles. The van der Waals surface area contributed by atoms with Crippen LogP contribution in [-0.4, -0.2) is 16.7 Å². The molecule has 0 amide bonds. The fourth-order valence-electron chi connectivity index (χ4n) is 8.83. The zero-order valence-electron chi connectivity index (χ0n) is 27.4. The second-order valence-corrected chi connectivity index (χ2v) is 14.9. The molecule has 0 radical (unpaired) electrons. The number of hydrogen-bond donors (Lipinski definition) is 0. The molecule has 0 saturated heterocycles. The molecule has 1 aliphatic carbocycles. The molecule has 6 aromatic rings. The van der Waals surface area contributed by atoms with Gasteiger partial charge in [0.05, 0.1) is 23.7 Å². The molecular formula is C44H40N3S+. The summed E-state index contributed by atoms with van der Waals surface area (Å²) < 4.78 is 3.71. The summed E-state index contributed by atoms with van der Waals surface area (Å²) in [4.78, 5) is 11.3. The Labute approximate surface area is 287 Å². The first-order valence-electron chi connectivity index (χ1n) is 17.6. The lowest BCUT2D eigenvalue weighted by Gasteiger charge is -2.32. The maximum absolute atomic E-state index is 5.37. The van der Waals surface area contributed by atoms with E-state index in [0.717, 1.165) is 35.5 Å². The Bertz CT molecular complexity index is 2250. The van der Waals surface area contributed by atoms with Crippen LogP contribution < -0.4 is 4.57 Å². The van der Waals surface area contributed by atoms with Gasteiger partial charge in [-0.2, -0.15) is 4.57 Å². The van der Waals surface area contributed by atoms with E-state index < -0.39 is 0 Å². The van der Waals surface area contributed by atoms with Crippen LogP contribution >= 0.6 is 11.3 Å². The summed E-state index contributed by atoms with van der Waals surface area (Å²) in [5.74, 6) is 0.893. The van der Waals surface area contributed by atoms with Gasteiger partial charge in [0.15, 0.2) is 11.9 Å². The van der Waals surface area contributed by atoms with Gasteiger partial charge >= 0.3 is 0 Å². The fraction of sp³-hybridized carbons (Fsp3) is 0.250. The maximum atomic E-state index is 5.37. The second-order valence-electron chi connectivity index (χ2n) is 13.8. The Morgan fingerprint density at radius 3 is 2.54 bits per heavy atom. The third-order valence-electron chi connectivity index (χ3n) is 11.1. The van der Waals surface area contributed by atoms with Gasteiger partial charge in [-0.25, -0.2) is 4.98 Å². The second kappa shape index (κ2) is 12.1. The van der Waals surface area contributed by atoms with E-state index >= 15 is 0 Å². The SMILES string of the molecule is C=CC1=NC2CC(=C)[n+]3ccc(C4CCCCC4)cc3-c3c(cc4sc5ncccc5c4c3-c3ccccc3)CCC2c2ccccc21. The van der Waals surface area contributed by atoms with E-state index in [9.17, 15) is 0 Å². The first-order valence-corrected chi connectivity index (χ1v) is 18.4. The van der Waals surface area contributed by atoms with Crippen molar-refractivity contribution in [2.75, 3.05) is 0 Å². The van der Waals surface area contributed by atoms with E-state index in [2.05, 4.69) is 102 Å². The number of thiophene rings is 1. The molecule has 9 rings (SSSR count). The molecule has 1 fully saturated rings. The van der Waals surface area contributed by atoms with Gasteiger partial charge in [0, 0.05) is 50.8 Å². The van der Waals surface area contributed by atoms with E-state index in [1.54, 1.807) is 0 Å². The van der Waals surface area contributed by atoms with Crippen molar-refractivity contribution in [3.05, 3.63) is 139 Å². The Hall–Kier alpha value is -4.67. The molecule has 0 spiro atoms. The number of pyridine rings is 2. The van der Waals surface area contributed by atoms with E-state index in [4.69, 9.17) is 16.6 Å². The van der Waals surface area contributed by atoms with Gasteiger partial charge in [0.25, 0.3) is 0 Å². The zero-order chi connectivity index (χ0) is 32.2. The smallest absolute Gasteiger partial charge is 0.219 e. The van der Waals surface area contributed by atoms with Crippen LogP contribution in [0, 0.1) is 0 Å². The Morgan fingerprint density at radius 1 is 0.854 bits per heavy atom. The van der Waals surface area contributed by atoms with Gasteiger partial charge in [0.2, 0.25) is 5.69 Å². The molecule has 236 valence electrons. The molecular weight excluding hydrogens is 603 g/mol. The summed E-state index contributed by atoms with van der Waals surface area (Å²) in [6, 6.07) is 31.7. The van der Waals surface area contributed by atoms with Gasteiger partial charge in [-0.15, -0.1) is 11.3 Å². The highest BCUT2D eigenvalue weighted by atomic mass is 32.1. The van der Waals surface area contributed by atoms with E-state index in [-0.39, 0.29) is 12.0 Å². The topological polar surface area (TPSA) is 29.1 Å². The van der Waals surface area contributed by atoms with Crippen LogP contribution in [0.4, 0.5) is 0 Å². The fourth-order valence-corrected chi connectivity index (χ4v) is 9.95. The molecule has 48 heavy (non-hydrogen) atoms. The van der Waals surface area contributed by atoms with Crippen LogP contribution in [-0.2, 0) is 6.42 Å². The molecule has 4 heteroatoms. The minimum Gasteiger partial charge on any atom is -0.280 e. The van der Waals surface area contributed by atoms with Crippen molar-refractivity contribution < 1.29 is 4.57 Å². The maximum Gasteiger partial charge on any atom is 0.219 e. The average Bonchev–Trinajstić information content (AvgIpc) is 3.52. The number of aryl methyl sites for hydroxylation is 1. The Kier molecular flexibility index (Phi) is 7.42. The van der Waals surface area contributed by atoms with Crippen molar-refractivity contribution in [3.63, 3.8) is 0 Å². The van der Waals surface area contributed by atoms with Crippen LogP contribution in [0.15, 0.2) is 122 Å². The summed E-state index contributed by atoms with van der Waals surface area (Å²) in [5, 5.41) is 2.55. The van der Waals surface area contributed by atoms with Crippen LogP contribution in [0.25, 0.3) is 48.4 Å². The third-order valence-corrected chi connectivity index (χ3v) is 12.2. The molecule has 0 N–H and O–H groups in total. The van der Waals surface area contributed by atoms with Crippen LogP contribution in [0.3, 0.4) is 0 Å². The molecule has 2 atom stereocenters. The molecule has 1 saturated carbocycles. The van der Waals surface area contributed by atoms with Gasteiger partial charge in [-0.1, -0.05) is 80.4 Å². The highest BCUT2D eigenvalue weighted by molar-refractivity contribution is 7.25. The minimum atomic E-state index is 0.103. The van der Waals surface area contributed by atoms with Gasteiger partial charge in [0.1, 0.15) is 4.83 Å². The number of aromatic nitrogens is 2. The molecule has 3 nitrogen and oxygen atoms in total. The van der Waals surface area contributed by atoms with E-state index in [1.807, 2.05) is 23.6 Å². The number of allylic oxidation sites excluding steroid dienone is 1. The first kappa shape index (κ1) is 29.5. The number of hydrogen-bond acceptors (Lipinski definition) is 3. The molecule has 0 bridgehead atoms. The monoisotopic (exact) mass is 642 g/mol. The number of nitrogens with zero attached hydrogens (tertiary/aromatic N) is 3. The number of rotatable bonds is 3. The number of aliphatic imine (C=N–C) groups is 1. The van der Waals surface area contributed by atoms with Crippen molar-refractivity contribution in [3.8, 4) is 22.4 Å². The molecule has 3 aromatic carbocycles. The molecule has 3 aliphatic rings. The largest absolute Gasteiger partial charge is 0.280 e. The van der Waals surface area contributed by atoms with E-state index in [1.165, 1.54) is 92.2 Å². The quantitative estimate of drug-likeness (QED) is 0.177. The number of benzene rings is 3. The van der Waals surface area contributed by atoms with Crippen LogP contribution in [0.1, 0.15) is 79.0 Å². The summed E-state index contributed by atoms with van der Waals surface area (Å²) >= 11 is 1.82. The average molecular weight is 643 g/mol. The molecule has 3 aromatic heterocycles. The van der Waals surface area contributed by atoms with Crippen molar-refractivity contribution in [1.82, 2.24) is 4.98 Å². The lowest BCUT2D eigenvalue weighted by molar-refractivity contribution is -0.571. The summed E-state index contributed by atoms with van der Waals surface area (Å²) in [5.41, 5.74) is 12.7. The molecule has 2 unspecified atom stereocenters. The normalized spacial score (nSPS) is 19.6. The minimum absolute atomic E-state index is 0.103. The van der Waals surface area contributed by atoms with Crippen molar-refractivity contribution in [1.29, 1.82) is 0 Å². The highest BCUT2D eigenvalue weighted by Gasteiger charge is 2.36. The standard InChI is InChI=1S/C44H40N3S/c1-3-37-34-18-11-10-17-33(34)35-21-20-32-27-40-43(36-19-12-23-45-44(36)48-40)42(30-15-8-5-9-16-30)41(32)39-26-31(29-13-6-4-7-14-29)22-24-47(39)28(2)25-38(35)46-37/h3,5,8-12,15-19,22-24,26-27,29,35,38H,1-2,4,6-7,13-14,20-21,25H2/q+1. The summed E-state index contributed by atoms with van der Waals surface area (Å²) in [6.45, 7) is 8.97. The Morgan fingerprint density at radius 2 is 1.69 bits per heavy atom. The predicted octanol–water partition coefficient (Wildman–Crippen LogP) is 11.1.